The predicted octanol–water partition coefficient (Wildman–Crippen LogP) is 4.00. The Morgan fingerprint density at radius 1 is 1.12 bits per heavy atom. The van der Waals surface area contributed by atoms with Gasteiger partial charge in [0.1, 0.15) is 28.9 Å². The summed E-state index contributed by atoms with van der Waals surface area (Å²) in [5.41, 5.74) is 2.55. The van der Waals surface area contributed by atoms with Crippen molar-refractivity contribution >= 4 is 23.4 Å². The lowest BCUT2D eigenvalue weighted by atomic mass is 9.94. The van der Waals surface area contributed by atoms with E-state index in [2.05, 4.69) is 15.7 Å². The summed E-state index contributed by atoms with van der Waals surface area (Å²) in [6, 6.07) is 13.8. The number of amides is 1. The minimum atomic E-state index is -0.710. The number of allylic oxidation sites excluding steroid dienone is 1. The number of para-hydroxylation sites is 1. The van der Waals surface area contributed by atoms with Gasteiger partial charge in [0.15, 0.2) is 0 Å². The molecule has 1 aliphatic rings. The average Bonchev–Trinajstić information content (AvgIpc) is 3.27. The lowest BCUT2D eigenvalue weighted by molar-refractivity contribution is -0.139. The third-order valence-corrected chi connectivity index (χ3v) is 5.53. The zero-order valence-corrected chi connectivity index (χ0v) is 19.4. The molecule has 9 heteroatoms. The molecule has 2 aromatic carbocycles. The smallest absolute Gasteiger partial charge is 0.338 e. The molecule has 0 bridgehead atoms. The first-order chi connectivity index (χ1) is 16.5. The van der Waals surface area contributed by atoms with E-state index in [4.69, 9.17) is 14.2 Å². The Morgan fingerprint density at radius 2 is 1.88 bits per heavy atom. The van der Waals surface area contributed by atoms with Crippen LogP contribution in [0.1, 0.15) is 35.8 Å². The summed E-state index contributed by atoms with van der Waals surface area (Å²) in [4.78, 5) is 26.1. The normalized spacial score (nSPS) is 14.6. The van der Waals surface area contributed by atoms with Crippen LogP contribution in [0.3, 0.4) is 0 Å². The highest BCUT2D eigenvalue weighted by atomic mass is 16.5. The molecule has 0 spiro atoms. The number of carbonyl (C=O) groups excluding carboxylic acids is 2. The number of benzene rings is 2. The van der Waals surface area contributed by atoms with E-state index in [0.29, 0.717) is 45.4 Å². The van der Waals surface area contributed by atoms with E-state index in [0.717, 1.165) is 0 Å². The van der Waals surface area contributed by atoms with E-state index in [1.54, 1.807) is 63.1 Å². The fourth-order valence-corrected chi connectivity index (χ4v) is 3.95. The first-order valence-corrected chi connectivity index (χ1v) is 10.8. The largest absolute Gasteiger partial charge is 0.497 e. The molecule has 4 rings (SSSR count). The van der Waals surface area contributed by atoms with Gasteiger partial charge in [-0.15, -0.1) is 0 Å². The van der Waals surface area contributed by atoms with Crippen molar-refractivity contribution in [2.45, 2.75) is 19.9 Å². The van der Waals surface area contributed by atoms with Crippen LogP contribution in [0, 0.1) is 0 Å². The highest BCUT2D eigenvalue weighted by Gasteiger charge is 2.37. The summed E-state index contributed by atoms with van der Waals surface area (Å²) in [6.07, 6.45) is 1.47. The van der Waals surface area contributed by atoms with E-state index < -0.39 is 12.0 Å². The van der Waals surface area contributed by atoms with Gasteiger partial charge >= 0.3 is 5.97 Å². The van der Waals surface area contributed by atoms with Crippen molar-refractivity contribution < 1.29 is 23.8 Å². The molecule has 9 nitrogen and oxygen atoms in total. The molecule has 1 aliphatic heterocycles. The van der Waals surface area contributed by atoms with E-state index in [1.165, 1.54) is 6.20 Å². The second kappa shape index (κ2) is 9.70. The van der Waals surface area contributed by atoms with Crippen molar-refractivity contribution in [3.8, 4) is 11.5 Å². The third-order valence-electron chi connectivity index (χ3n) is 5.53. The second-order valence-electron chi connectivity index (χ2n) is 7.57. The molecule has 0 aliphatic carbocycles. The number of nitrogens with one attached hydrogen (secondary N) is 2. The van der Waals surface area contributed by atoms with Crippen molar-refractivity contribution in [3.05, 3.63) is 77.1 Å². The molecule has 2 N–H and O–H groups in total. The van der Waals surface area contributed by atoms with Crippen molar-refractivity contribution in [1.29, 1.82) is 0 Å². The van der Waals surface area contributed by atoms with Gasteiger partial charge in [-0.1, -0.05) is 18.2 Å². The number of carbonyl (C=O) groups is 2. The van der Waals surface area contributed by atoms with Crippen LogP contribution < -0.4 is 20.1 Å². The van der Waals surface area contributed by atoms with E-state index in [9.17, 15) is 9.59 Å². The number of methoxy groups -OCH3 is 2. The van der Waals surface area contributed by atoms with Crippen molar-refractivity contribution in [3.63, 3.8) is 0 Å². The first-order valence-electron chi connectivity index (χ1n) is 10.8. The molecule has 0 fully saturated rings. The minimum Gasteiger partial charge on any atom is -0.497 e. The Bertz CT molecular complexity index is 1250. The third kappa shape index (κ3) is 4.19. The molecule has 176 valence electrons. The lowest BCUT2D eigenvalue weighted by Crippen LogP contribution is -2.30. The molecule has 1 atom stereocenters. The molecule has 34 heavy (non-hydrogen) atoms. The Balaban J connectivity index is 1.84. The maximum absolute atomic E-state index is 13.1. The number of esters is 1. The van der Waals surface area contributed by atoms with Crippen LogP contribution in [0.2, 0.25) is 0 Å². The van der Waals surface area contributed by atoms with Crippen LogP contribution >= 0.6 is 0 Å². The maximum atomic E-state index is 13.1. The SMILES string of the molecule is CCOC(=O)C1=C(C)Nc2c(C(=O)Nc3ccccc3)cnn2[C@H]1c1cc(OC)ccc1OC. The van der Waals surface area contributed by atoms with Gasteiger partial charge in [0.2, 0.25) is 0 Å². The highest BCUT2D eigenvalue weighted by Crippen LogP contribution is 2.42. The van der Waals surface area contributed by atoms with Crippen LogP contribution in [-0.4, -0.2) is 42.5 Å². The summed E-state index contributed by atoms with van der Waals surface area (Å²) in [5.74, 6) is 0.765. The molecule has 0 unspecified atom stereocenters. The van der Waals surface area contributed by atoms with Gasteiger partial charge in [-0.3, -0.25) is 4.79 Å². The van der Waals surface area contributed by atoms with Gasteiger partial charge in [0, 0.05) is 16.9 Å². The van der Waals surface area contributed by atoms with Gasteiger partial charge in [0.25, 0.3) is 5.91 Å². The van der Waals surface area contributed by atoms with Crippen LogP contribution in [-0.2, 0) is 9.53 Å². The van der Waals surface area contributed by atoms with Gasteiger partial charge in [-0.05, 0) is 44.2 Å². The fraction of sp³-hybridized carbons (Fsp3) is 0.240. The van der Waals surface area contributed by atoms with Crippen molar-refractivity contribution in [2.24, 2.45) is 0 Å². The Morgan fingerprint density at radius 3 is 2.56 bits per heavy atom. The standard InChI is InChI=1S/C25H26N4O5/c1-5-34-25(31)21-15(2)27-23-19(24(30)28-16-9-7-6-8-10-16)14-26-29(23)22(21)18-13-17(32-3)11-12-20(18)33-4/h6-14,22,27H,5H2,1-4H3,(H,28,30)/t22-/m0/s1. The topological polar surface area (TPSA) is 104 Å². The molecule has 3 aromatic rings. The molecule has 1 aromatic heterocycles. The molecule has 2 heterocycles. The van der Waals surface area contributed by atoms with Crippen molar-refractivity contribution in [1.82, 2.24) is 9.78 Å². The quantitative estimate of drug-likeness (QED) is 0.512. The monoisotopic (exact) mass is 462 g/mol. The van der Waals surface area contributed by atoms with E-state index >= 15 is 0 Å². The van der Waals surface area contributed by atoms with Crippen LogP contribution in [0.15, 0.2) is 66.0 Å². The molecule has 0 radical (unpaired) electrons. The summed E-state index contributed by atoms with van der Waals surface area (Å²) in [5, 5.41) is 10.5. The van der Waals surface area contributed by atoms with Gasteiger partial charge in [-0.25, -0.2) is 9.48 Å². The van der Waals surface area contributed by atoms with Gasteiger partial charge in [0.05, 0.1) is 32.6 Å². The maximum Gasteiger partial charge on any atom is 0.338 e. The predicted molar refractivity (Wildman–Crippen MR) is 127 cm³/mol. The summed E-state index contributed by atoms with van der Waals surface area (Å²) in [6.45, 7) is 3.73. The zero-order chi connectivity index (χ0) is 24.2. The number of aromatic nitrogens is 2. The number of anilines is 2. The summed E-state index contributed by atoms with van der Waals surface area (Å²) < 4.78 is 18.0. The Labute approximate surface area is 197 Å². The summed E-state index contributed by atoms with van der Waals surface area (Å²) >= 11 is 0. The number of hydrogen-bond acceptors (Lipinski definition) is 7. The van der Waals surface area contributed by atoms with E-state index in [-0.39, 0.29) is 12.5 Å². The summed E-state index contributed by atoms with van der Waals surface area (Å²) in [7, 11) is 3.11. The Hall–Kier alpha value is -4.27. The minimum absolute atomic E-state index is 0.217. The van der Waals surface area contributed by atoms with Crippen molar-refractivity contribution in [2.75, 3.05) is 31.5 Å². The van der Waals surface area contributed by atoms with Crippen LogP contribution in [0.5, 0.6) is 11.5 Å². The number of rotatable bonds is 7. The van der Waals surface area contributed by atoms with Crippen LogP contribution in [0.4, 0.5) is 11.5 Å². The molecular formula is C25H26N4O5. The fourth-order valence-electron chi connectivity index (χ4n) is 3.95. The number of fused-ring (bicyclic) bond motifs is 1. The number of nitrogens with zero attached hydrogens (tertiary/aromatic N) is 2. The average molecular weight is 463 g/mol. The lowest BCUT2D eigenvalue weighted by Gasteiger charge is -2.30. The molecular weight excluding hydrogens is 436 g/mol. The molecule has 0 saturated heterocycles. The number of ether oxygens (including phenoxy) is 3. The Kier molecular flexibility index (Phi) is 6.53. The highest BCUT2D eigenvalue weighted by molar-refractivity contribution is 6.08. The van der Waals surface area contributed by atoms with Crippen LogP contribution in [0.25, 0.3) is 0 Å². The molecule has 0 saturated carbocycles. The number of hydrogen-bond donors (Lipinski definition) is 2. The second-order valence-corrected chi connectivity index (χ2v) is 7.57. The van der Waals surface area contributed by atoms with Gasteiger partial charge in [-0.2, -0.15) is 5.10 Å². The van der Waals surface area contributed by atoms with Gasteiger partial charge < -0.3 is 24.8 Å². The van der Waals surface area contributed by atoms with E-state index in [1.807, 2.05) is 18.2 Å². The first kappa shape index (κ1) is 22.9. The zero-order valence-electron chi connectivity index (χ0n) is 19.4. The molecule has 1 amide bonds.